The topological polar surface area (TPSA) is 34.9 Å². The fourth-order valence-corrected chi connectivity index (χ4v) is 2.02. The van der Waals surface area contributed by atoms with Crippen LogP contribution in [0.15, 0.2) is 10.8 Å². The van der Waals surface area contributed by atoms with Crippen molar-refractivity contribution in [1.82, 2.24) is 9.55 Å². The summed E-state index contributed by atoms with van der Waals surface area (Å²) in [4.78, 5) is 14.6. The summed E-state index contributed by atoms with van der Waals surface area (Å²) in [6.45, 7) is 0. The third-order valence-electron chi connectivity index (χ3n) is 2.33. The Morgan fingerprint density at radius 2 is 2.42 bits per heavy atom. The fourth-order valence-electron chi connectivity index (χ4n) is 1.45. The molecule has 1 aromatic heterocycles. The fraction of sp³-hybridized carbons (Fsp3) is 0.500. The molecule has 0 atom stereocenters. The van der Waals surface area contributed by atoms with Gasteiger partial charge in [-0.15, -0.1) is 0 Å². The summed E-state index contributed by atoms with van der Waals surface area (Å²) in [5.74, 6) is 0.534. The summed E-state index contributed by atoms with van der Waals surface area (Å²) in [6, 6.07) is 0.488. The van der Waals surface area contributed by atoms with E-state index in [1.165, 1.54) is 6.42 Å². The van der Waals surface area contributed by atoms with Gasteiger partial charge in [0.1, 0.15) is 4.60 Å². The van der Waals surface area contributed by atoms with Gasteiger partial charge in [-0.3, -0.25) is 4.79 Å². The standard InChI is InChI=1S/C8H9BrN2O/c9-7-4-10-8(5-12)11(7)6-2-1-3-6/h4-6H,1-3H2. The highest BCUT2D eigenvalue weighted by Gasteiger charge is 2.23. The lowest BCUT2D eigenvalue weighted by Crippen LogP contribution is -2.19. The molecule has 1 aromatic rings. The highest BCUT2D eigenvalue weighted by molar-refractivity contribution is 9.10. The summed E-state index contributed by atoms with van der Waals surface area (Å²) in [7, 11) is 0. The normalized spacial score (nSPS) is 17.4. The van der Waals surface area contributed by atoms with Crippen LogP contribution in [0.5, 0.6) is 0 Å². The van der Waals surface area contributed by atoms with Crippen LogP contribution in [0.4, 0.5) is 0 Å². The number of aromatic nitrogens is 2. The van der Waals surface area contributed by atoms with E-state index >= 15 is 0 Å². The van der Waals surface area contributed by atoms with Crippen molar-refractivity contribution in [1.29, 1.82) is 0 Å². The lowest BCUT2D eigenvalue weighted by Gasteiger charge is -2.28. The maximum atomic E-state index is 10.6. The Morgan fingerprint density at radius 3 is 2.92 bits per heavy atom. The molecule has 1 fully saturated rings. The third kappa shape index (κ3) is 1.10. The number of hydrogen-bond acceptors (Lipinski definition) is 2. The van der Waals surface area contributed by atoms with Gasteiger partial charge in [-0.1, -0.05) is 0 Å². The molecule has 0 N–H and O–H groups in total. The molecule has 0 saturated heterocycles. The van der Waals surface area contributed by atoms with Crippen molar-refractivity contribution in [3.05, 3.63) is 16.6 Å². The molecular weight excluding hydrogens is 220 g/mol. The minimum atomic E-state index is 0.488. The van der Waals surface area contributed by atoms with Gasteiger partial charge in [0.05, 0.1) is 6.20 Å². The van der Waals surface area contributed by atoms with Crippen molar-refractivity contribution < 1.29 is 4.79 Å². The van der Waals surface area contributed by atoms with Crippen LogP contribution in [0.2, 0.25) is 0 Å². The van der Waals surface area contributed by atoms with Crippen LogP contribution in [0.25, 0.3) is 0 Å². The van der Waals surface area contributed by atoms with E-state index < -0.39 is 0 Å². The first-order valence-corrected chi connectivity index (χ1v) is 4.80. The van der Waals surface area contributed by atoms with E-state index in [4.69, 9.17) is 0 Å². The molecule has 0 unspecified atom stereocenters. The van der Waals surface area contributed by atoms with Crippen LogP contribution in [0.1, 0.15) is 35.9 Å². The van der Waals surface area contributed by atoms with Gasteiger partial charge in [-0.2, -0.15) is 0 Å². The highest BCUT2D eigenvalue weighted by Crippen LogP contribution is 2.34. The number of carbonyl (C=O) groups is 1. The summed E-state index contributed by atoms with van der Waals surface area (Å²) < 4.78 is 2.88. The number of rotatable bonds is 2. The monoisotopic (exact) mass is 228 g/mol. The van der Waals surface area contributed by atoms with E-state index in [9.17, 15) is 4.79 Å². The third-order valence-corrected chi connectivity index (χ3v) is 2.91. The van der Waals surface area contributed by atoms with Crippen LogP contribution >= 0.6 is 15.9 Å². The van der Waals surface area contributed by atoms with E-state index in [1.807, 2.05) is 4.57 Å². The molecule has 12 heavy (non-hydrogen) atoms. The molecule has 2 rings (SSSR count). The van der Waals surface area contributed by atoms with Crippen molar-refractivity contribution in [2.45, 2.75) is 25.3 Å². The Balaban J connectivity index is 2.37. The average Bonchev–Trinajstić information content (AvgIpc) is 2.30. The number of aldehydes is 1. The first-order chi connectivity index (χ1) is 5.83. The Bertz CT molecular complexity index is 304. The number of hydrogen-bond donors (Lipinski definition) is 0. The van der Waals surface area contributed by atoms with E-state index in [-0.39, 0.29) is 0 Å². The van der Waals surface area contributed by atoms with Gasteiger partial charge in [-0.25, -0.2) is 4.98 Å². The van der Waals surface area contributed by atoms with Gasteiger partial charge in [0.2, 0.25) is 0 Å². The van der Waals surface area contributed by atoms with Crippen LogP contribution in [0, 0.1) is 0 Å². The van der Waals surface area contributed by atoms with Gasteiger partial charge >= 0.3 is 0 Å². The molecule has 0 radical (unpaired) electrons. The summed E-state index contributed by atoms with van der Waals surface area (Å²) >= 11 is 3.37. The molecule has 0 aromatic carbocycles. The number of halogens is 1. The Hall–Kier alpha value is -0.640. The smallest absolute Gasteiger partial charge is 0.185 e. The summed E-state index contributed by atoms with van der Waals surface area (Å²) in [6.07, 6.45) is 6.07. The van der Waals surface area contributed by atoms with E-state index in [0.29, 0.717) is 11.9 Å². The molecule has 0 spiro atoms. The molecule has 3 nitrogen and oxygen atoms in total. The quantitative estimate of drug-likeness (QED) is 0.728. The molecule has 1 saturated carbocycles. The SMILES string of the molecule is O=Cc1ncc(Br)n1C1CCC1. The number of imidazole rings is 1. The Morgan fingerprint density at radius 1 is 1.67 bits per heavy atom. The molecule has 1 aliphatic rings. The van der Waals surface area contributed by atoms with Gasteiger partial charge in [-0.05, 0) is 35.2 Å². The summed E-state index contributed by atoms with van der Waals surface area (Å²) in [5.41, 5.74) is 0. The zero-order chi connectivity index (χ0) is 8.55. The maximum absolute atomic E-state index is 10.6. The van der Waals surface area contributed by atoms with Crippen molar-refractivity contribution >= 4 is 22.2 Å². The Kier molecular flexibility index (Phi) is 2.00. The van der Waals surface area contributed by atoms with Crippen LogP contribution in [-0.2, 0) is 0 Å². The minimum Gasteiger partial charge on any atom is -0.313 e. The van der Waals surface area contributed by atoms with Crippen molar-refractivity contribution in [2.24, 2.45) is 0 Å². The van der Waals surface area contributed by atoms with E-state index in [1.54, 1.807) is 6.20 Å². The Labute approximate surface area is 78.9 Å². The molecule has 0 aliphatic heterocycles. The van der Waals surface area contributed by atoms with Gasteiger partial charge in [0.15, 0.2) is 12.1 Å². The zero-order valence-electron chi connectivity index (χ0n) is 6.53. The van der Waals surface area contributed by atoms with Gasteiger partial charge < -0.3 is 4.57 Å². The van der Waals surface area contributed by atoms with Gasteiger partial charge in [0.25, 0.3) is 0 Å². The summed E-state index contributed by atoms with van der Waals surface area (Å²) in [5, 5.41) is 0. The lowest BCUT2D eigenvalue weighted by molar-refractivity contribution is 0.110. The van der Waals surface area contributed by atoms with E-state index in [0.717, 1.165) is 23.7 Å². The molecule has 0 amide bonds. The second kappa shape index (κ2) is 3.01. The minimum absolute atomic E-state index is 0.488. The first-order valence-electron chi connectivity index (χ1n) is 4.01. The van der Waals surface area contributed by atoms with Gasteiger partial charge in [0, 0.05) is 6.04 Å². The number of carbonyl (C=O) groups excluding carboxylic acids is 1. The molecule has 1 heterocycles. The second-order valence-corrected chi connectivity index (χ2v) is 3.82. The largest absolute Gasteiger partial charge is 0.313 e. The highest BCUT2D eigenvalue weighted by atomic mass is 79.9. The molecule has 4 heteroatoms. The molecular formula is C8H9BrN2O. The number of nitrogens with zero attached hydrogens (tertiary/aromatic N) is 2. The van der Waals surface area contributed by atoms with Crippen LogP contribution < -0.4 is 0 Å². The van der Waals surface area contributed by atoms with Crippen molar-refractivity contribution in [3.8, 4) is 0 Å². The van der Waals surface area contributed by atoms with E-state index in [2.05, 4.69) is 20.9 Å². The second-order valence-electron chi connectivity index (χ2n) is 3.01. The lowest BCUT2D eigenvalue weighted by atomic mass is 9.93. The molecule has 64 valence electrons. The predicted octanol–water partition coefficient (Wildman–Crippen LogP) is 2.18. The first kappa shape index (κ1) is 7.98. The zero-order valence-corrected chi connectivity index (χ0v) is 8.12. The van der Waals surface area contributed by atoms with Crippen molar-refractivity contribution in [3.63, 3.8) is 0 Å². The maximum Gasteiger partial charge on any atom is 0.185 e. The average molecular weight is 229 g/mol. The van der Waals surface area contributed by atoms with Crippen molar-refractivity contribution in [2.75, 3.05) is 0 Å². The molecule has 0 bridgehead atoms. The van der Waals surface area contributed by atoms with Crippen LogP contribution in [-0.4, -0.2) is 15.8 Å². The molecule has 1 aliphatic carbocycles. The van der Waals surface area contributed by atoms with Crippen LogP contribution in [0.3, 0.4) is 0 Å². The predicted molar refractivity (Wildman–Crippen MR) is 48.2 cm³/mol.